The Bertz CT molecular complexity index is 1160. The molecule has 1 heterocycles. The number of nitrogens with one attached hydrogen (secondary N) is 3. The lowest BCUT2D eigenvalue weighted by Crippen LogP contribution is -2.59. The van der Waals surface area contributed by atoms with Gasteiger partial charge in [0.15, 0.2) is 15.1 Å². The molecule has 178 valence electrons. The van der Waals surface area contributed by atoms with Crippen molar-refractivity contribution in [1.29, 1.82) is 0 Å². The van der Waals surface area contributed by atoms with Gasteiger partial charge in [-0.15, -0.1) is 11.8 Å². The van der Waals surface area contributed by atoms with Crippen LogP contribution in [0.1, 0.15) is 5.56 Å². The van der Waals surface area contributed by atoms with Crippen LogP contribution in [0, 0.1) is 6.92 Å². The third-order valence-corrected chi connectivity index (χ3v) is 8.46. The molecule has 0 radical (unpaired) electrons. The minimum absolute atomic E-state index is 0.00327. The lowest BCUT2D eigenvalue weighted by atomic mass is 10.2. The van der Waals surface area contributed by atoms with Gasteiger partial charge in [0.25, 0.3) is 0 Å². The Morgan fingerprint density at radius 2 is 1.97 bits per heavy atom. The van der Waals surface area contributed by atoms with Crippen LogP contribution in [0.15, 0.2) is 41.3 Å². The summed E-state index contributed by atoms with van der Waals surface area (Å²) in [5, 5.41) is 7.31. The van der Waals surface area contributed by atoms with Gasteiger partial charge in [-0.25, -0.2) is 8.42 Å². The van der Waals surface area contributed by atoms with E-state index < -0.39 is 26.5 Å². The monoisotopic (exact) mass is 513 g/mol. The first kappa shape index (κ1) is 25.2. The number of amides is 2. The van der Waals surface area contributed by atoms with Gasteiger partial charge in [-0.3, -0.25) is 14.9 Å². The quantitative estimate of drug-likeness (QED) is 0.491. The predicted octanol–water partition coefficient (Wildman–Crippen LogP) is 2.18. The third-order valence-electron chi connectivity index (χ3n) is 4.96. The zero-order valence-electron chi connectivity index (χ0n) is 18.2. The van der Waals surface area contributed by atoms with Crippen LogP contribution in [0.3, 0.4) is 0 Å². The van der Waals surface area contributed by atoms with Crippen molar-refractivity contribution in [2.75, 3.05) is 31.8 Å². The number of benzene rings is 2. The number of aryl methyl sites for hydroxylation is 1. The van der Waals surface area contributed by atoms with Crippen LogP contribution in [-0.4, -0.2) is 57.5 Å². The van der Waals surface area contributed by atoms with Gasteiger partial charge in [-0.05, 0) is 36.8 Å². The summed E-state index contributed by atoms with van der Waals surface area (Å²) in [4.78, 5) is 24.9. The Balaban J connectivity index is 1.58. The van der Waals surface area contributed by atoms with Crippen molar-refractivity contribution in [3.8, 4) is 11.5 Å². The summed E-state index contributed by atoms with van der Waals surface area (Å²) < 4.78 is 36.2. The van der Waals surface area contributed by atoms with Crippen LogP contribution in [-0.2, 0) is 19.4 Å². The van der Waals surface area contributed by atoms with Gasteiger partial charge in [-0.2, -0.15) is 0 Å². The SMILES string of the molecule is COc1ccc(OC)c(NC(=O)CSC2NCC(S(=O)(=O)c3ccc(C)c(Cl)c3)C(=O)N2)c1. The number of anilines is 1. The van der Waals surface area contributed by atoms with Gasteiger partial charge in [0.05, 0.1) is 30.6 Å². The van der Waals surface area contributed by atoms with Crippen molar-refractivity contribution in [2.24, 2.45) is 0 Å². The highest BCUT2D eigenvalue weighted by atomic mass is 35.5. The Kier molecular flexibility index (Phi) is 8.11. The molecular formula is C21H24ClN3O6S2. The maximum atomic E-state index is 12.9. The Morgan fingerprint density at radius 1 is 1.21 bits per heavy atom. The standard InChI is InChI=1S/C21H24ClN3O6S2/c1-12-4-6-14(9-15(12)22)33(28,29)18-10-23-21(25-20(18)27)32-11-19(26)24-16-8-13(30-2)5-7-17(16)31-3/h4-9,18,21,23H,10-11H2,1-3H3,(H,24,26)(H,25,27). The van der Waals surface area contributed by atoms with Crippen molar-refractivity contribution in [3.05, 3.63) is 47.0 Å². The smallest absolute Gasteiger partial charge is 0.241 e. The fraction of sp³-hybridized carbons (Fsp3) is 0.333. The molecule has 2 unspecified atom stereocenters. The van der Waals surface area contributed by atoms with E-state index in [2.05, 4.69) is 16.0 Å². The van der Waals surface area contributed by atoms with E-state index in [1.54, 1.807) is 31.2 Å². The van der Waals surface area contributed by atoms with Gasteiger partial charge in [0.2, 0.25) is 11.8 Å². The van der Waals surface area contributed by atoms with Gasteiger partial charge >= 0.3 is 0 Å². The van der Waals surface area contributed by atoms with E-state index in [0.29, 0.717) is 22.2 Å². The lowest BCUT2D eigenvalue weighted by Gasteiger charge is -2.29. The summed E-state index contributed by atoms with van der Waals surface area (Å²) in [5.41, 5.74) is 0.567. The predicted molar refractivity (Wildman–Crippen MR) is 128 cm³/mol. The van der Waals surface area contributed by atoms with Crippen LogP contribution in [0.5, 0.6) is 11.5 Å². The highest BCUT2D eigenvalue weighted by molar-refractivity contribution is 8.00. The fourth-order valence-corrected chi connectivity index (χ4v) is 5.69. The maximum absolute atomic E-state index is 12.9. The van der Waals surface area contributed by atoms with Crippen LogP contribution in [0.25, 0.3) is 0 Å². The van der Waals surface area contributed by atoms with E-state index in [0.717, 1.165) is 17.3 Å². The van der Waals surface area contributed by atoms with Gasteiger partial charge in [0, 0.05) is 17.6 Å². The van der Waals surface area contributed by atoms with Crippen LogP contribution >= 0.6 is 23.4 Å². The molecule has 12 heteroatoms. The minimum atomic E-state index is -3.93. The number of rotatable bonds is 8. The molecule has 1 aliphatic rings. The van der Waals surface area contributed by atoms with Gasteiger partial charge in [-0.1, -0.05) is 17.7 Å². The summed E-state index contributed by atoms with van der Waals surface area (Å²) in [7, 11) is -0.929. The molecule has 0 saturated carbocycles. The number of ether oxygens (including phenoxy) is 2. The van der Waals surface area contributed by atoms with E-state index in [1.807, 2.05) is 0 Å². The fourth-order valence-electron chi connectivity index (χ4n) is 3.10. The average Bonchev–Trinajstić information content (AvgIpc) is 2.79. The molecule has 2 aromatic carbocycles. The molecule has 1 saturated heterocycles. The highest BCUT2D eigenvalue weighted by Crippen LogP contribution is 2.29. The van der Waals surface area contributed by atoms with Crippen LogP contribution < -0.4 is 25.4 Å². The second kappa shape index (κ2) is 10.6. The summed E-state index contributed by atoms with van der Waals surface area (Å²) in [6, 6.07) is 9.39. The first-order valence-corrected chi connectivity index (χ1v) is 12.8. The summed E-state index contributed by atoms with van der Waals surface area (Å²) in [6.45, 7) is 1.67. The van der Waals surface area contributed by atoms with Gasteiger partial charge < -0.3 is 20.1 Å². The van der Waals surface area contributed by atoms with Crippen molar-refractivity contribution < 1.29 is 27.5 Å². The highest BCUT2D eigenvalue weighted by Gasteiger charge is 2.38. The largest absolute Gasteiger partial charge is 0.497 e. The lowest BCUT2D eigenvalue weighted by molar-refractivity contribution is -0.122. The van der Waals surface area contributed by atoms with E-state index in [1.165, 1.54) is 26.4 Å². The molecule has 33 heavy (non-hydrogen) atoms. The molecule has 1 fully saturated rings. The molecule has 3 N–H and O–H groups in total. The molecule has 0 aromatic heterocycles. The number of carbonyl (C=O) groups is 2. The molecular weight excluding hydrogens is 490 g/mol. The van der Waals surface area contributed by atoms with Crippen molar-refractivity contribution in [2.45, 2.75) is 22.6 Å². The Hall–Kier alpha value is -2.47. The molecule has 3 rings (SSSR count). The summed E-state index contributed by atoms with van der Waals surface area (Å²) >= 11 is 7.17. The third kappa shape index (κ3) is 5.91. The normalized spacial score (nSPS) is 18.4. The number of carbonyl (C=O) groups excluding carboxylic acids is 2. The number of hydrogen-bond acceptors (Lipinski definition) is 8. The van der Waals surface area contributed by atoms with Crippen molar-refractivity contribution in [3.63, 3.8) is 0 Å². The molecule has 2 aromatic rings. The molecule has 1 aliphatic heterocycles. The number of sulfone groups is 1. The van der Waals surface area contributed by atoms with E-state index in [9.17, 15) is 18.0 Å². The molecule has 0 aliphatic carbocycles. The van der Waals surface area contributed by atoms with Crippen molar-refractivity contribution in [1.82, 2.24) is 10.6 Å². The second-order valence-corrected chi connectivity index (χ2v) is 10.8. The number of halogens is 1. The molecule has 9 nitrogen and oxygen atoms in total. The zero-order chi connectivity index (χ0) is 24.2. The van der Waals surface area contributed by atoms with Crippen LogP contribution in [0.2, 0.25) is 5.02 Å². The number of thioether (sulfide) groups is 1. The van der Waals surface area contributed by atoms with Crippen molar-refractivity contribution >= 4 is 50.7 Å². The number of methoxy groups -OCH3 is 2. The molecule has 2 amide bonds. The maximum Gasteiger partial charge on any atom is 0.241 e. The number of hydrogen-bond donors (Lipinski definition) is 3. The van der Waals surface area contributed by atoms with E-state index >= 15 is 0 Å². The van der Waals surface area contributed by atoms with Crippen LogP contribution in [0.4, 0.5) is 5.69 Å². The first-order chi connectivity index (χ1) is 15.6. The summed E-state index contributed by atoms with van der Waals surface area (Å²) in [6.07, 6.45) is 0. The second-order valence-electron chi connectivity index (χ2n) is 7.17. The van der Waals surface area contributed by atoms with E-state index in [-0.39, 0.29) is 23.1 Å². The van der Waals surface area contributed by atoms with Gasteiger partial charge in [0.1, 0.15) is 17.0 Å². The Morgan fingerprint density at radius 3 is 2.61 bits per heavy atom. The average molecular weight is 514 g/mol. The molecule has 2 atom stereocenters. The molecule has 0 spiro atoms. The minimum Gasteiger partial charge on any atom is -0.497 e. The van der Waals surface area contributed by atoms with E-state index in [4.69, 9.17) is 21.1 Å². The Labute approximate surface area is 201 Å². The topological polar surface area (TPSA) is 123 Å². The molecule has 0 bridgehead atoms. The zero-order valence-corrected chi connectivity index (χ0v) is 20.6. The first-order valence-electron chi connectivity index (χ1n) is 9.83. The summed E-state index contributed by atoms with van der Waals surface area (Å²) in [5.74, 6) is 0.0672.